The minimum atomic E-state index is -0.597. The monoisotopic (exact) mass is 320 g/mol. The zero-order valence-corrected chi connectivity index (χ0v) is 12.9. The van der Waals surface area contributed by atoms with E-state index >= 15 is 0 Å². The van der Waals surface area contributed by atoms with Gasteiger partial charge in [0.05, 0.1) is 23.8 Å². The molecule has 0 atom stereocenters. The SMILES string of the molecule is COc1ccc(OCC(=O)Nc2cc(C)nn2C)c([N+](=O)[O-])c1. The number of nitrogens with one attached hydrogen (secondary N) is 1. The van der Waals surface area contributed by atoms with E-state index in [1.807, 2.05) is 0 Å². The number of benzene rings is 1. The molecule has 23 heavy (non-hydrogen) atoms. The Bertz CT molecular complexity index is 741. The first-order chi connectivity index (χ1) is 10.9. The Labute approximate surface area is 132 Å². The molecule has 0 fully saturated rings. The fraction of sp³-hybridized carbons (Fsp3) is 0.286. The lowest BCUT2D eigenvalue weighted by Gasteiger charge is -2.08. The second-order valence-corrected chi connectivity index (χ2v) is 4.72. The number of hydrogen-bond acceptors (Lipinski definition) is 6. The molecule has 0 saturated heterocycles. The molecule has 9 heteroatoms. The maximum Gasteiger partial charge on any atom is 0.314 e. The molecule has 0 spiro atoms. The Hall–Kier alpha value is -3.10. The summed E-state index contributed by atoms with van der Waals surface area (Å²) in [6.45, 7) is 1.43. The van der Waals surface area contributed by atoms with Crippen molar-refractivity contribution in [1.82, 2.24) is 9.78 Å². The number of anilines is 1. The molecule has 9 nitrogen and oxygen atoms in total. The third kappa shape index (κ3) is 3.96. The van der Waals surface area contributed by atoms with E-state index in [1.165, 1.54) is 30.0 Å². The Morgan fingerprint density at radius 2 is 2.17 bits per heavy atom. The smallest absolute Gasteiger partial charge is 0.314 e. The molecule has 2 rings (SSSR count). The van der Waals surface area contributed by atoms with E-state index in [1.54, 1.807) is 20.0 Å². The summed E-state index contributed by atoms with van der Waals surface area (Å²) in [4.78, 5) is 22.3. The molecule has 122 valence electrons. The zero-order chi connectivity index (χ0) is 17.0. The number of ether oxygens (including phenoxy) is 2. The van der Waals surface area contributed by atoms with Crippen molar-refractivity contribution in [1.29, 1.82) is 0 Å². The van der Waals surface area contributed by atoms with Crippen molar-refractivity contribution < 1.29 is 19.2 Å². The highest BCUT2D eigenvalue weighted by Crippen LogP contribution is 2.30. The lowest BCUT2D eigenvalue weighted by molar-refractivity contribution is -0.385. The zero-order valence-electron chi connectivity index (χ0n) is 12.9. The quantitative estimate of drug-likeness (QED) is 0.640. The summed E-state index contributed by atoms with van der Waals surface area (Å²) < 4.78 is 11.7. The molecule has 0 aliphatic carbocycles. The number of amides is 1. The van der Waals surface area contributed by atoms with Crippen LogP contribution in [0, 0.1) is 17.0 Å². The van der Waals surface area contributed by atoms with Gasteiger partial charge < -0.3 is 14.8 Å². The van der Waals surface area contributed by atoms with Gasteiger partial charge in [-0.15, -0.1) is 0 Å². The summed E-state index contributed by atoms with van der Waals surface area (Å²) in [6, 6.07) is 5.84. The summed E-state index contributed by atoms with van der Waals surface area (Å²) >= 11 is 0. The number of nitrogens with zero attached hydrogens (tertiary/aromatic N) is 3. The molecule has 0 saturated carbocycles. The number of aromatic nitrogens is 2. The summed E-state index contributed by atoms with van der Waals surface area (Å²) in [5.41, 5.74) is 0.489. The number of carbonyl (C=O) groups excluding carboxylic acids is 1. The van der Waals surface area contributed by atoms with Crippen LogP contribution in [0.4, 0.5) is 11.5 Å². The second kappa shape index (κ2) is 6.77. The van der Waals surface area contributed by atoms with Crippen molar-refractivity contribution in [3.8, 4) is 11.5 Å². The highest BCUT2D eigenvalue weighted by Gasteiger charge is 2.18. The molecule has 0 aliphatic heterocycles. The number of carbonyl (C=O) groups is 1. The van der Waals surface area contributed by atoms with Crippen molar-refractivity contribution >= 4 is 17.4 Å². The van der Waals surface area contributed by atoms with Gasteiger partial charge in [-0.05, 0) is 19.1 Å². The summed E-state index contributed by atoms with van der Waals surface area (Å²) in [5.74, 6) is 0.393. The van der Waals surface area contributed by atoms with E-state index in [2.05, 4.69) is 10.4 Å². The normalized spacial score (nSPS) is 10.2. The van der Waals surface area contributed by atoms with E-state index < -0.39 is 10.8 Å². The molecule has 0 aliphatic rings. The largest absolute Gasteiger partial charge is 0.496 e. The van der Waals surface area contributed by atoms with Crippen LogP contribution < -0.4 is 14.8 Å². The van der Waals surface area contributed by atoms with Crippen molar-refractivity contribution in [2.75, 3.05) is 19.0 Å². The fourth-order valence-corrected chi connectivity index (χ4v) is 1.94. The standard InChI is InChI=1S/C14H16N4O5/c1-9-6-13(17(2)16-9)15-14(19)8-23-12-5-4-10(22-3)7-11(12)18(20)21/h4-7H,8H2,1-3H3,(H,15,19). The summed E-state index contributed by atoms with van der Waals surface area (Å²) in [6.07, 6.45) is 0. The van der Waals surface area contributed by atoms with Gasteiger partial charge in [-0.25, -0.2) is 0 Å². The van der Waals surface area contributed by atoms with E-state index in [0.717, 1.165) is 5.69 Å². The van der Waals surface area contributed by atoms with Gasteiger partial charge >= 0.3 is 5.69 Å². The lowest BCUT2D eigenvalue weighted by Crippen LogP contribution is -2.21. The van der Waals surface area contributed by atoms with Crippen molar-refractivity contribution in [2.45, 2.75) is 6.92 Å². The first-order valence-corrected chi connectivity index (χ1v) is 6.66. The molecule has 1 N–H and O–H groups in total. The number of nitro groups is 1. The topological polar surface area (TPSA) is 109 Å². The third-order valence-corrected chi connectivity index (χ3v) is 2.99. The van der Waals surface area contributed by atoms with Gasteiger partial charge in [-0.1, -0.05) is 0 Å². The van der Waals surface area contributed by atoms with Gasteiger partial charge in [0.1, 0.15) is 11.6 Å². The second-order valence-electron chi connectivity index (χ2n) is 4.72. The van der Waals surface area contributed by atoms with Gasteiger partial charge in [-0.3, -0.25) is 19.6 Å². The Morgan fingerprint density at radius 1 is 1.43 bits per heavy atom. The average molecular weight is 320 g/mol. The molecule has 2 aromatic rings. The number of aryl methyl sites for hydroxylation is 2. The Kier molecular flexibility index (Phi) is 4.79. The first kappa shape index (κ1) is 16.3. The van der Waals surface area contributed by atoms with Crippen LogP contribution in [-0.2, 0) is 11.8 Å². The highest BCUT2D eigenvalue weighted by molar-refractivity contribution is 5.91. The van der Waals surface area contributed by atoms with Crippen LogP contribution in [0.2, 0.25) is 0 Å². The van der Waals surface area contributed by atoms with E-state index in [-0.39, 0.29) is 18.0 Å². The minimum absolute atomic E-state index is 0.00728. The molecule has 1 aromatic heterocycles. The van der Waals surface area contributed by atoms with Gasteiger partial charge in [0.25, 0.3) is 5.91 Å². The number of methoxy groups -OCH3 is 1. The van der Waals surface area contributed by atoms with Crippen LogP contribution in [0.3, 0.4) is 0 Å². The molecule has 1 heterocycles. The molecular weight excluding hydrogens is 304 g/mol. The number of hydrogen-bond donors (Lipinski definition) is 1. The van der Waals surface area contributed by atoms with Crippen LogP contribution in [0.25, 0.3) is 0 Å². The molecule has 0 radical (unpaired) electrons. The molecule has 1 aromatic carbocycles. The summed E-state index contributed by atoms with van der Waals surface area (Å²) in [5, 5.41) is 17.7. The van der Waals surface area contributed by atoms with Crippen molar-refractivity contribution in [3.05, 3.63) is 40.1 Å². The maximum absolute atomic E-state index is 11.9. The first-order valence-electron chi connectivity index (χ1n) is 6.66. The molecule has 0 unspecified atom stereocenters. The maximum atomic E-state index is 11.9. The predicted molar refractivity (Wildman–Crippen MR) is 81.7 cm³/mol. The third-order valence-electron chi connectivity index (χ3n) is 2.99. The Balaban J connectivity index is 2.04. The van der Waals surface area contributed by atoms with Gasteiger partial charge in [0, 0.05) is 13.1 Å². The van der Waals surface area contributed by atoms with Gasteiger partial charge in [0.2, 0.25) is 0 Å². The van der Waals surface area contributed by atoms with Crippen LogP contribution in [0.1, 0.15) is 5.69 Å². The molecule has 0 bridgehead atoms. The average Bonchev–Trinajstić information content (AvgIpc) is 2.82. The summed E-state index contributed by atoms with van der Waals surface area (Å²) in [7, 11) is 3.10. The van der Waals surface area contributed by atoms with Crippen LogP contribution in [0.5, 0.6) is 11.5 Å². The van der Waals surface area contributed by atoms with E-state index in [0.29, 0.717) is 11.6 Å². The minimum Gasteiger partial charge on any atom is -0.496 e. The van der Waals surface area contributed by atoms with Crippen LogP contribution in [-0.4, -0.2) is 34.3 Å². The Morgan fingerprint density at radius 3 is 2.74 bits per heavy atom. The van der Waals surface area contributed by atoms with Crippen molar-refractivity contribution in [2.24, 2.45) is 7.05 Å². The molecular formula is C14H16N4O5. The van der Waals surface area contributed by atoms with E-state index in [4.69, 9.17) is 9.47 Å². The number of nitro benzene ring substituents is 1. The van der Waals surface area contributed by atoms with Gasteiger partial charge in [-0.2, -0.15) is 5.10 Å². The fourth-order valence-electron chi connectivity index (χ4n) is 1.94. The van der Waals surface area contributed by atoms with Crippen LogP contribution >= 0.6 is 0 Å². The number of rotatable bonds is 6. The predicted octanol–water partition coefficient (Wildman–Crippen LogP) is 1.66. The van der Waals surface area contributed by atoms with Crippen LogP contribution in [0.15, 0.2) is 24.3 Å². The molecule has 1 amide bonds. The van der Waals surface area contributed by atoms with Gasteiger partial charge in [0.15, 0.2) is 12.4 Å². The van der Waals surface area contributed by atoms with Crippen molar-refractivity contribution in [3.63, 3.8) is 0 Å². The van der Waals surface area contributed by atoms with E-state index in [9.17, 15) is 14.9 Å². The lowest BCUT2D eigenvalue weighted by atomic mass is 10.3. The highest BCUT2D eigenvalue weighted by atomic mass is 16.6.